The minimum Gasteiger partial charge on any atom is -0.378 e. The van der Waals surface area contributed by atoms with Gasteiger partial charge in [0.1, 0.15) is 0 Å². The number of carbonyl (C=O) groups excluding carboxylic acids is 1. The third kappa shape index (κ3) is 3.95. The molecule has 2 heterocycles. The van der Waals surface area contributed by atoms with Crippen LogP contribution in [0.5, 0.6) is 0 Å². The van der Waals surface area contributed by atoms with Crippen molar-refractivity contribution in [2.45, 2.75) is 26.0 Å². The summed E-state index contributed by atoms with van der Waals surface area (Å²) >= 11 is 0. The zero-order valence-electron chi connectivity index (χ0n) is 13.8. The van der Waals surface area contributed by atoms with Crippen molar-refractivity contribution in [3.63, 3.8) is 0 Å². The molecule has 2 amide bonds. The van der Waals surface area contributed by atoms with Crippen molar-refractivity contribution >= 4 is 17.4 Å². The lowest BCUT2D eigenvalue weighted by atomic mass is 10.1. The van der Waals surface area contributed by atoms with E-state index in [9.17, 15) is 4.79 Å². The van der Waals surface area contributed by atoms with Gasteiger partial charge in [-0.15, -0.1) is 0 Å². The SMILES string of the molecule is CC1CN(c2ccc(NC(=O)N3CCOCC3)cc2)C(C)CO1. The summed E-state index contributed by atoms with van der Waals surface area (Å²) in [4.78, 5) is 16.3. The maximum Gasteiger partial charge on any atom is 0.321 e. The average molecular weight is 319 g/mol. The number of urea groups is 1. The van der Waals surface area contributed by atoms with Gasteiger partial charge in [-0.3, -0.25) is 0 Å². The van der Waals surface area contributed by atoms with Crippen molar-refractivity contribution < 1.29 is 14.3 Å². The van der Waals surface area contributed by atoms with Gasteiger partial charge in [0.05, 0.1) is 25.9 Å². The van der Waals surface area contributed by atoms with Gasteiger partial charge in [0, 0.05) is 37.1 Å². The summed E-state index contributed by atoms with van der Waals surface area (Å²) in [6.45, 7) is 8.41. The molecule has 1 aromatic rings. The third-order valence-electron chi connectivity index (χ3n) is 4.36. The molecule has 2 unspecified atom stereocenters. The highest BCUT2D eigenvalue weighted by Gasteiger charge is 2.23. The van der Waals surface area contributed by atoms with Crippen LogP contribution in [0.15, 0.2) is 24.3 Å². The van der Waals surface area contributed by atoms with E-state index in [1.807, 2.05) is 12.1 Å². The number of hydrogen-bond acceptors (Lipinski definition) is 4. The Balaban J connectivity index is 1.61. The second-order valence-corrected chi connectivity index (χ2v) is 6.22. The molecule has 6 nitrogen and oxygen atoms in total. The molecule has 0 aliphatic carbocycles. The molecule has 23 heavy (non-hydrogen) atoms. The number of hydrogen-bond donors (Lipinski definition) is 1. The molecular weight excluding hydrogens is 294 g/mol. The fourth-order valence-corrected chi connectivity index (χ4v) is 2.97. The molecule has 0 spiro atoms. The number of ether oxygens (including phenoxy) is 2. The van der Waals surface area contributed by atoms with Gasteiger partial charge >= 0.3 is 6.03 Å². The van der Waals surface area contributed by atoms with E-state index in [1.165, 1.54) is 0 Å². The highest BCUT2D eigenvalue weighted by Crippen LogP contribution is 2.23. The normalized spacial score (nSPS) is 25.3. The smallest absolute Gasteiger partial charge is 0.321 e. The number of morpholine rings is 2. The summed E-state index contributed by atoms with van der Waals surface area (Å²) in [5.74, 6) is 0. The molecule has 2 saturated heterocycles. The van der Waals surface area contributed by atoms with E-state index in [2.05, 4.69) is 36.2 Å². The maximum atomic E-state index is 12.2. The lowest BCUT2D eigenvalue weighted by Gasteiger charge is -2.38. The van der Waals surface area contributed by atoms with Gasteiger partial charge < -0.3 is 24.6 Å². The maximum absolute atomic E-state index is 12.2. The average Bonchev–Trinajstić information content (AvgIpc) is 2.58. The summed E-state index contributed by atoms with van der Waals surface area (Å²) in [6.07, 6.45) is 0.242. The van der Waals surface area contributed by atoms with Crippen molar-refractivity contribution in [1.29, 1.82) is 0 Å². The quantitative estimate of drug-likeness (QED) is 0.908. The van der Waals surface area contributed by atoms with E-state index in [0.717, 1.165) is 24.5 Å². The minimum atomic E-state index is -0.0607. The van der Waals surface area contributed by atoms with E-state index in [4.69, 9.17) is 9.47 Å². The van der Waals surface area contributed by atoms with Crippen LogP contribution in [0, 0.1) is 0 Å². The Labute approximate surface area is 137 Å². The van der Waals surface area contributed by atoms with Crippen molar-refractivity contribution in [2.24, 2.45) is 0 Å². The van der Waals surface area contributed by atoms with Crippen LogP contribution in [0.25, 0.3) is 0 Å². The summed E-state index contributed by atoms with van der Waals surface area (Å²) in [6, 6.07) is 8.34. The van der Waals surface area contributed by atoms with Crippen LogP contribution in [0.4, 0.5) is 16.2 Å². The molecule has 1 N–H and O–H groups in total. The molecule has 0 bridgehead atoms. The molecule has 0 radical (unpaired) electrons. The van der Waals surface area contributed by atoms with Crippen LogP contribution in [-0.2, 0) is 9.47 Å². The topological polar surface area (TPSA) is 54.0 Å². The Morgan fingerprint density at radius 1 is 1.17 bits per heavy atom. The highest BCUT2D eigenvalue weighted by atomic mass is 16.5. The first-order chi connectivity index (χ1) is 11.1. The summed E-state index contributed by atoms with van der Waals surface area (Å²) in [7, 11) is 0. The molecule has 0 saturated carbocycles. The van der Waals surface area contributed by atoms with E-state index < -0.39 is 0 Å². The highest BCUT2D eigenvalue weighted by molar-refractivity contribution is 5.89. The second kappa shape index (κ2) is 7.19. The molecule has 6 heteroatoms. The largest absolute Gasteiger partial charge is 0.378 e. The van der Waals surface area contributed by atoms with Gasteiger partial charge in [-0.05, 0) is 38.1 Å². The first-order valence-corrected chi connectivity index (χ1v) is 8.25. The fraction of sp³-hybridized carbons (Fsp3) is 0.588. The monoisotopic (exact) mass is 319 g/mol. The number of nitrogens with one attached hydrogen (secondary N) is 1. The molecule has 1 aromatic carbocycles. The van der Waals surface area contributed by atoms with Gasteiger partial charge in [0.25, 0.3) is 0 Å². The zero-order valence-corrected chi connectivity index (χ0v) is 13.8. The second-order valence-electron chi connectivity index (χ2n) is 6.22. The summed E-state index contributed by atoms with van der Waals surface area (Å²) in [5, 5.41) is 2.95. The first kappa shape index (κ1) is 16.1. The molecule has 2 atom stereocenters. The summed E-state index contributed by atoms with van der Waals surface area (Å²) < 4.78 is 10.9. The van der Waals surface area contributed by atoms with Crippen LogP contribution in [0.2, 0.25) is 0 Å². The van der Waals surface area contributed by atoms with E-state index >= 15 is 0 Å². The van der Waals surface area contributed by atoms with E-state index in [0.29, 0.717) is 32.3 Å². The lowest BCUT2D eigenvalue weighted by Crippen LogP contribution is -2.47. The molecule has 126 valence electrons. The number of amides is 2. The van der Waals surface area contributed by atoms with Gasteiger partial charge in [-0.25, -0.2) is 4.79 Å². The van der Waals surface area contributed by atoms with Crippen LogP contribution < -0.4 is 10.2 Å². The standard InChI is InChI=1S/C17H25N3O3/c1-13-12-23-14(2)11-20(13)16-5-3-15(4-6-16)18-17(21)19-7-9-22-10-8-19/h3-6,13-14H,7-12H2,1-2H3,(H,18,21). The van der Waals surface area contributed by atoms with Crippen LogP contribution in [0.1, 0.15) is 13.8 Å². The van der Waals surface area contributed by atoms with Crippen molar-refractivity contribution in [1.82, 2.24) is 4.90 Å². The van der Waals surface area contributed by atoms with E-state index in [1.54, 1.807) is 4.90 Å². The lowest BCUT2D eigenvalue weighted by molar-refractivity contribution is 0.0344. The number of nitrogens with zero attached hydrogens (tertiary/aromatic N) is 2. The van der Waals surface area contributed by atoms with Crippen molar-refractivity contribution in [3.05, 3.63) is 24.3 Å². The third-order valence-corrected chi connectivity index (χ3v) is 4.36. The van der Waals surface area contributed by atoms with Gasteiger partial charge in [-0.2, -0.15) is 0 Å². The number of carbonyl (C=O) groups is 1. The van der Waals surface area contributed by atoms with Crippen LogP contribution >= 0.6 is 0 Å². The number of rotatable bonds is 2. The molecule has 2 aliphatic rings. The summed E-state index contributed by atoms with van der Waals surface area (Å²) in [5.41, 5.74) is 1.98. The first-order valence-electron chi connectivity index (χ1n) is 8.25. The Morgan fingerprint density at radius 2 is 1.87 bits per heavy atom. The Bertz CT molecular complexity index is 528. The van der Waals surface area contributed by atoms with E-state index in [-0.39, 0.29) is 12.1 Å². The Kier molecular flexibility index (Phi) is 5.03. The zero-order chi connectivity index (χ0) is 16.2. The van der Waals surface area contributed by atoms with Crippen LogP contribution in [0.3, 0.4) is 0 Å². The molecule has 3 rings (SSSR count). The van der Waals surface area contributed by atoms with Gasteiger partial charge in [0.2, 0.25) is 0 Å². The van der Waals surface area contributed by atoms with Crippen molar-refractivity contribution in [2.75, 3.05) is 49.7 Å². The van der Waals surface area contributed by atoms with Gasteiger partial charge in [0.15, 0.2) is 0 Å². The van der Waals surface area contributed by atoms with Crippen LogP contribution in [-0.4, -0.2) is 62.5 Å². The predicted molar refractivity (Wildman–Crippen MR) is 90.1 cm³/mol. The Morgan fingerprint density at radius 3 is 2.57 bits per heavy atom. The Hall–Kier alpha value is -1.79. The van der Waals surface area contributed by atoms with Gasteiger partial charge in [-0.1, -0.05) is 0 Å². The molecular formula is C17H25N3O3. The minimum absolute atomic E-state index is 0.0607. The fourth-order valence-electron chi connectivity index (χ4n) is 2.97. The number of benzene rings is 1. The predicted octanol–water partition coefficient (Wildman–Crippen LogP) is 2.16. The molecule has 2 aliphatic heterocycles. The molecule has 2 fully saturated rings. The van der Waals surface area contributed by atoms with Crippen molar-refractivity contribution in [3.8, 4) is 0 Å². The number of anilines is 2. The molecule has 0 aromatic heterocycles.